The minimum atomic E-state index is -1.85. The van der Waals surface area contributed by atoms with Crippen LogP contribution in [-0.2, 0) is 13.9 Å². The van der Waals surface area contributed by atoms with Crippen LogP contribution < -0.4 is 4.74 Å². The van der Waals surface area contributed by atoms with Crippen LogP contribution in [0.15, 0.2) is 36.9 Å². The van der Waals surface area contributed by atoms with Crippen molar-refractivity contribution < 1.29 is 18.6 Å². The second-order valence-corrected chi connectivity index (χ2v) is 15.5. The van der Waals surface area contributed by atoms with Gasteiger partial charge >= 0.3 is 0 Å². The Bertz CT molecular complexity index is 694. The predicted molar refractivity (Wildman–Crippen MR) is 131 cm³/mol. The third-order valence-electron chi connectivity index (χ3n) is 7.07. The van der Waals surface area contributed by atoms with E-state index in [0.717, 1.165) is 17.7 Å². The Labute approximate surface area is 191 Å². The molecule has 31 heavy (non-hydrogen) atoms. The number of benzene rings is 1. The van der Waals surface area contributed by atoms with E-state index >= 15 is 0 Å². The summed E-state index contributed by atoms with van der Waals surface area (Å²) in [6.07, 6.45) is 2.89. The van der Waals surface area contributed by atoms with Crippen LogP contribution in [0.3, 0.4) is 0 Å². The van der Waals surface area contributed by atoms with Crippen LogP contribution in [0.2, 0.25) is 18.1 Å². The van der Waals surface area contributed by atoms with Crippen molar-refractivity contribution in [3.05, 3.63) is 42.5 Å². The molecule has 0 bridgehead atoms. The second kappa shape index (κ2) is 10.6. The lowest BCUT2D eigenvalue weighted by atomic mass is 9.84. The molecule has 2 rings (SSSR count). The first kappa shape index (κ1) is 26.1. The van der Waals surface area contributed by atoms with Crippen LogP contribution in [-0.4, -0.2) is 34.2 Å². The summed E-state index contributed by atoms with van der Waals surface area (Å²) < 4.78 is 24.4. The van der Waals surface area contributed by atoms with E-state index in [1.54, 1.807) is 7.11 Å². The first-order valence-electron chi connectivity index (χ1n) is 11.6. The van der Waals surface area contributed by atoms with E-state index in [4.69, 9.17) is 18.6 Å². The highest BCUT2D eigenvalue weighted by Crippen LogP contribution is 2.40. The molecule has 1 saturated heterocycles. The van der Waals surface area contributed by atoms with Gasteiger partial charge in [-0.25, -0.2) is 0 Å². The third-order valence-corrected chi connectivity index (χ3v) is 11.5. The molecule has 1 aliphatic heterocycles. The highest BCUT2D eigenvalue weighted by molar-refractivity contribution is 6.74. The molecule has 1 aliphatic rings. The van der Waals surface area contributed by atoms with Crippen molar-refractivity contribution >= 4 is 8.32 Å². The van der Waals surface area contributed by atoms with Gasteiger partial charge in [0, 0.05) is 11.5 Å². The molecule has 1 heterocycles. The zero-order valence-electron chi connectivity index (χ0n) is 21.1. The fourth-order valence-corrected chi connectivity index (χ4v) is 5.41. The molecule has 0 amide bonds. The maximum Gasteiger partial charge on any atom is 0.192 e. The number of hydrogen-bond donors (Lipinski definition) is 0. The van der Waals surface area contributed by atoms with E-state index in [9.17, 15) is 0 Å². The Morgan fingerprint density at radius 2 is 1.81 bits per heavy atom. The van der Waals surface area contributed by atoms with Gasteiger partial charge in [0.05, 0.1) is 25.9 Å². The third kappa shape index (κ3) is 6.67. The number of hydrogen-bond acceptors (Lipinski definition) is 4. The SMILES string of the molecule is C=C[C@@H](O[Si](C)(C)C(C)(C)C)[C@H](C)C[C@H](C)[C@@H]1OC(c2ccc(OC)cc2)OC[C@@H]1C. The van der Waals surface area contributed by atoms with Crippen molar-refractivity contribution in [1.29, 1.82) is 0 Å². The minimum Gasteiger partial charge on any atom is -0.497 e. The molecular weight excluding hydrogens is 404 g/mol. The summed E-state index contributed by atoms with van der Waals surface area (Å²) in [5.74, 6) is 1.95. The topological polar surface area (TPSA) is 36.9 Å². The summed E-state index contributed by atoms with van der Waals surface area (Å²) in [4.78, 5) is 0. The summed E-state index contributed by atoms with van der Waals surface area (Å²) in [6.45, 7) is 23.0. The molecule has 1 aromatic rings. The molecular formula is C26H44O4Si. The van der Waals surface area contributed by atoms with Gasteiger partial charge in [0.2, 0.25) is 0 Å². The molecule has 1 unspecified atom stereocenters. The quantitative estimate of drug-likeness (QED) is 0.301. The van der Waals surface area contributed by atoms with E-state index in [1.807, 2.05) is 30.3 Å². The first-order valence-corrected chi connectivity index (χ1v) is 14.5. The van der Waals surface area contributed by atoms with Crippen LogP contribution >= 0.6 is 0 Å². The lowest BCUT2D eigenvalue weighted by molar-refractivity contribution is -0.250. The summed E-state index contributed by atoms with van der Waals surface area (Å²) in [5.41, 5.74) is 1.03. The molecule has 5 heteroatoms. The molecule has 0 radical (unpaired) electrons. The fraction of sp³-hybridized carbons (Fsp3) is 0.692. The number of rotatable bonds is 9. The van der Waals surface area contributed by atoms with Gasteiger partial charge in [-0.05, 0) is 48.5 Å². The van der Waals surface area contributed by atoms with Crippen LogP contribution in [0.5, 0.6) is 5.75 Å². The molecule has 0 N–H and O–H groups in total. The lowest BCUT2D eigenvalue weighted by Crippen LogP contribution is -2.45. The number of methoxy groups -OCH3 is 1. The average molecular weight is 449 g/mol. The van der Waals surface area contributed by atoms with Gasteiger partial charge < -0.3 is 18.6 Å². The monoisotopic (exact) mass is 448 g/mol. The Hall–Kier alpha value is -1.14. The molecule has 4 nitrogen and oxygen atoms in total. The lowest BCUT2D eigenvalue weighted by Gasteiger charge is -2.42. The van der Waals surface area contributed by atoms with Gasteiger partial charge in [-0.1, -0.05) is 59.8 Å². The summed E-state index contributed by atoms with van der Waals surface area (Å²) in [5, 5.41) is 0.184. The highest BCUT2D eigenvalue weighted by atomic mass is 28.4. The zero-order valence-corrected chi connectivity index (χ0v) is 22.1. The largest absolute Gasteiger partial charge is 0.497 e. The van der Waals surface area contributed by atoms with Gasteiger partial charge in [0.1, 0.15) is 5.75 Å². The highest BCUT2D eigenvalue weighted by Gasteiger charge is 2.40. The van der Waals surface area contributed by atoms with Crippen molar-refractivity contribution in [1.82, 2.24) is 0 Å². The van der Waals surface area contributed by atoms with Crippen LogP contribution in [0.25, 0.3) is 0 Å². The molecule has 6 atom stereocenters. The first-order chi connectivity index (χ1) is 14.4. The van der Waals surface area contributed by atoms with Crippen molar-refractivity contribution in [2.75, 3.05) is 13.7 Å². The van der Waals surface area contributed by atoms with E-state index in [2.05, 4.69) is 61.2 Å². The maximum absolute atomic E-state index is 6.68. The Kier molecular flexibility index (Phi) is 8.97. The molecule has 1 aromatic carbocycles. The normalized spacial score (nSPS) is 25.5. The summed E-state index contributed by atoms with van der Waals surface area (Å²) >= 11 is 0. The Balaban J connectivity index is 2.04. The molecule has 0 saturated carbocycles. The van der Waals surface area contributed by atoms with E-state index in [0.29, 0.717) is 24.4 Å². The second-order valence-electron chi connectivity index (χ2n) is 10.8. The molecule has 0 aromatic heterocycles. The van der Waals surface area contributed by atoms with Gasteiger partial charge in [-0.15, -0.1) is 6.58 Å². The van der Waals surface area contributed by atoms with Gasteiger partial charge in [-0.2, -0.15) is 0 Å². The van der Waals surface area contributed by atoms with Gasteiger partial charge in [0.15, 0.2) is 14.6 Å². The predicted octanol–water partition coefficient (Wildman–Crippen LogP) is 6.98. The standard InChI is InChI=1S/C26H44O4Si/c1-11-23(30-31(9,10)26(5,6)7)18(2)16-19(3)24-20(4)17-28-25(29-24)21-12-14-22(27-8)15-13-21/h11-15,18-20,23-25H,1,16-17H2,2-10H3/t18-,19+,20+,23-,24+,25?/m1/s1. The smallest absolute Gasteiger partial charge is 0.192 e. The molecule has 0 aliphatic carbocycles. The van der Waals surface area contributed by atoms with Crippen LogP contribution in [0, 0.1) is 17.8 Å². The van der Waals surface area contributed by atoms with Crippen LogP contribution in [0.1, 0.15) is 59.8 Å². The Morgan fingerprint density at radius 1 is 1.19 bits per heavy atom. The van der Waals surface area contributed by atoms with Crippen molar-refractivity contribution in [3.63, 3.8) is 0 Å². The molecule has 0 spiro atoms. The summed E-state index contributed by atoms with van der Waals surface area (Å²) in [7, 11) is -0.176. The van der Waals surface area contributed by atoms with E-state index in [-0.39, 0.29) is 23.5 Å². The molecule has 176 valence electrons. The molecule has 1 fully saturated rings. The number of ether oxygens (including phenoxy) is 3. The maximum atomic E-state index is 6.68. The Morgan fingerprint density at radius 3 is 2.32 bits per heavy atom. The zero-order chi connectivity index (χ0) is 23.4. The van der Waals surface area contributed by atoms with Crippen LogP contribution in [0.4, 0.5) is 0 Å². The van der Waals surface area contributed by atoms with Gasteiger partial charge in [-0.3, -0.25) is 0 Å². The van der Waals surface area contributed by atoms with E-state index < -0.39 is 8.32 Å². The van der Waals surface area contributed by atoms with E-state index in [1.165, 1.54) is 0 Å². The van der Waals surface area contributed by atoms with Crippen molar-refractivity contribution in [3.8, 4) is 5.75 Å². The minimum absolute atomic E-state index is 0.0656. The average Bonchev–Trinajstić information content (AvgIpc) is 2.71. The van der Waals surface area contributed by atoms with Gasteiger partial charge in [0.25, 0.3) is 0 Å². The van der Waals surface area contributed by atoms with Crippen molar-refractivity contribution in [2.24, 2.45) is 17.8 Å². The van der Waals surface area contributed by atoms with Crippen molar-refractivity contribution in [2.45, 2.75) is 84.6 Å². The fourth-order valence-electron chi connectivity index (χ4n) is 4.05. The summed E-state index contributed by atoms with van der Waals surface area (Å²) in [6, 6.07) is 7.94.